The molecular weight excluding hydrogens is 312 g/mol. The molecule has 0 aliphatic carbocycles. The van der Waals surface area contributed by atoms with Gasteiger partial charge in [0.25, 0.3) is 11.8 Å². The zero-order valence-corrected chi connectivity index (χ0v) is 14.2. The molecule has 1 unspecified atom stereocenters. The quantitative estimate of drug-likeness (QED) is 0.852. The molecule has 0 saturated heterocycles. The van der Waals surface area contributed by atoms with E-state index in [2.05, 4.69) is 34.4 Å². The summed E-state index contributed by atoms with van der Waals surface area (Å²) in [5.74, 6) is -0.0622. The summed E-state index contributed by atoms with van der Waals surface area (Å²) in [7, 11) is 0. The van der Waals surface area contributed by atoms with Gasteiger partial charge in [-0.1, -0.05) is 13.8 Å². The lowest BCUT2D eigenvalue weighted by Gasteiger charge is -2.16. The Bertz CT molecular complexity index is 670. The second-order valence-corrected chi connectivity index (χ2v) is 6.63. The van der Waals surface area contributed by atoms with E-state index < -0.39 is 0 Å². The summed E-state index contributed by atoms with van der Waals surface area (Å²) in [6.07, 6.45) is 5.23. The lowest BCUT2D eigenvalue weighted by molar-refractivity contribution is 0.0941. The molecule has 0 saturated carbocycles. The van der Waals surface area contributed by atoms with E-state index in [1.807, 2.05) is 6.92 Å². The first-order valence-corrected chi connectivity index (χ1v) is 8.31. The number of anilines is 1. The highest BCUT2D eigenvalue weighted by Crippen LogP contribution is 2.23. The van der Waals surface area contributed by atoms with Crippen molar-refractivity contribution in [3.05, 3.63) is 40.6 Å². The second kappa shape index (κ2) is 7.82. The Balaban J connectivity index is 2.04. The van der Waals surface area contributed by atoms with E-state index in [9.17, 15) is 9.59 Å². The summed E-state index contributed by atoms with van der Waals surface area (Å²) >= 11 is 1.29. The summed E-state index contributed by atoms with van der Waals surface area (Å²) < 4.78 is 0. The van der Waals surface area contributed by atoms with Crippen molar-refractivity contribution in [2.75, 3.05) is 5.32 Å². The first-order valence-electron chi connectivity index (χ1n) is 7.43. The first-order chi connectivity index (χ1) is 11.0. The molecule has 0 aliphatic heterocycles. The van der Waals surface area contributed by atoms with Crippen molar-refractivity contribution in [2.45, 2.75) is 33.2 Å². The SMILES string of the molecule is CC(C)CC(C)NC(=O)c1sccc1NC(=O)c1cnccn1. The van der Waals surface area contributed by atoms with Crippen LogP contribution in [0.15, 0.2) is 30.0 Å². The molecule has 1 atom stereocenters. The molecule has 0 spiro atoms. The fourth-order valence-electron chi connectivity index (χ4n) is 2.24. The van der Waals surface area contributed by atoms with Crippen LogP contribution in [0.1, 0.15) is 47.4 Å². The molecule has 2 heterocycles. The van der Waals surface area contributed by atoms with Gasteiger partial charge in [0, 0.05) is 18.4 Å². The smallest absolute Gasteiger partial charge is 0.275 e. The number of nitrogens with zero attached hydrogens (tertiary/aromatic N) is 2. The van der Waals surface area contributed by atoms with Crippen LogP contribution in [-0.4, -0.2) is 27.8 Å². The minimum atomic E-state index is -0.388. The Kier molecular flexibility index (Phi) is 5.81. The van der Waals surface area contributed by atoms with E-state index in [4.69, 9.17) is 0 Å². The zero-order valence-electron chi connectivity index (χ0n) is 13.4. The van der Waals surface area contributed by atoms with Crippen molar-refractivity contribution >= 4 is 28.8 Å². The maximum atomic E-state index is 12.4. The number of aromatic nitrogens is 2. The van der Waals surface area contributed by atoms with Gasteiger partial charge in [-0.3, -0.25) is 14.6 Å². The van der Waals surface area contributed by atoms with Crippen LogP contribution in [0, 0.1) is 5.92 Å². The van der Waals surface area contributed by atoms with Gasteiger partial charge >= 0.3 is 0 Å². The van der Waals surface area contributed by atoms with E-state index in [0.717, 1.165) is 6.42 Å². The minimum absolute atomic E-state index is 0.0770. The minimum Gasteiger partial charge on any atom is -0.349 e. The number of hydrogen-bond acceptors (Lipinski definition) is 5. The summed E-state index contributed by atoms with van der Waals surface area (Å²) in [6, 6.07) is 1.79. The Morgan fingerprint density at radius 2 is 2.00 bits per heavy atom. The van der Waals surface area contributed by atoms with Crippen LogP contribution in [0.3, 0.4) is 0 Å². The Hall–Kier alpha value is -2.28. The number of hydrogen-bond donors (Lipinski definition) is 2. The third-order valence-electron chi connectivity index (χ3n) is 3.12. The van der Waals surface area contributed by atoms with Gasteiger partial charge in [-0.15, -0.1) is 11.3 Å². The molecule has 6 nitrogen and oxygen atoms in total. The molecule has 2 aromatic heterocycles. The van der Waals surface area contributed by atoms with Gasteiger partial charge in [0.1, 0.15) is 10.6 Å². The van der Waals surface area contributed by atoms with Crippen LogP contribution in [0.5, 0.6) is 0 Å². The average molecular weight is 332 g/mol. The first kappa shape index (κ1) is 17.1. The second-order valence-electron chi connectivity index (χ2n) is 5.71. The van der Waals surface area contributed by atoms with E-state index in [-0.39, 0.29) is 23.6 Å². The molecule has 0 aromatic carbocycles. The highest BCUT2D eigenvalue weighted by Gasteiger charge is 2.18. The van der Waals surface area contributed by atoms with Crippen LogP contribution in [0.2, 0.25) is 0 Å². The number of carbonyl (C=O) groups excluding carboxylic acids is 2. The molecule has 0 aliphatic rings. The lowest BCUT2D eigenvalue weighted by Crippen LogP contribution is -2.33. The third kappa shape index (κ3) is 4.85. The predicted molar refractivity (Wildman–Crippen MR) is 90.7 cm³/mol. The Morgan fingerprint density at radius 1 is 1.22 bits per heavy atom. The van der Waals surface area contributed by atoms with Crippen molar-refractivity contribution in [2.24, 2.45) is 5.92 Å². The highest BCUT2D eigenvalue weighted by atomic mass is 32.1. The van der Waals surface area contributed by atoms with Gasteiger partial charge in [0.15, 0.2) is 0 Å². The number of amides is 2. The van der Waals surface area contributed by atoms with Gasteiger partial charge in [-0.05, 0) is 30.7 Å². The summed E-state index contributed by atoms with van der Waals surface area (Å²) in [5, 5.41) is 7.44. The van der Waals surface area contributed by atoms with E-state index in [1.165, 1.54) is 29.9 Å². The summed E-state index contributed by atoms with van der Waals surface area (Å²) in [6.45, 7) is 6.20. The fourth-order valence-corrected chi connectivity index (χ4v) is 2.99. The van der Waals surface area contributed by atoms with Crippen LogP contribution in [-0.2, 0) is 0 Å². The molecule has 2 rings (SSSR count). The molecule has 7 heteroatoms. The molecule has 0 bridgehead atoms. The van der Waals surface area contributed by atoms with Crippen molar-refractivity contribution < 1.29 is 9.59 Å². The van der Waals surface area contributed by atoms with Gasteiger partial charge in [0.05, 0.1) is 11.9 Å². The Labute approximate surface area is 139 Å². The Morgan fingerprint density at radius 3 is 2.65 bits per heavy atom. The third-order valence-corrected chi connectivity index (χ3v) is 4.03. The van der Waals surface area contributed by atoms with Crippen LogP contribution in [0.25, 0.3) is 0 Å². The molecule has 2 N–H and O–H groups in total. The summed E-state index contributed by atoms with van der Waals surface area (Å²) in [4.78, 5) is 32.8. The molecule has 2 aromatic rings. The lowest BCUT2D eigenvalue weighted by atomic mass is 10.1. The van der Waals surface area contributed by atoms with Gasteiger partial charge in [-0.25, -0.2) is 4.98 Å². The van der Waals surface area contributed by atoms with Crippen molar-refractivity contribution in [1.82, 2.24) is 15.3 Å². The van der Waals surface area contributed by atoms with Crippen LogP contribution >= 0.6 is 11.3 Å². The molecule has 23 heavy (non-hydrogen) atoms. The maximum Gasteiger partial charge on any atom is 0.275 e. The van der Waals surface area contributed by atoms with Crippen LogP contribution in [0.4, 0.5) is 5.69 Å². The number of nitrogens with one attached hydrogen (secondary N) is 2. The zero-order chi connectivity index (χ0) is 16.8. The molecule has 0 radical (unpaired) electrons. The van der Waals surface area contributed by atoms with Gasteiger partial charge in [0.2, 0.25) is 0 Å². The molecule has 122 valence electrons. The molecule has 2 amide bonds. The maximum absolute atomic E-state index is 12.4. The van der Waals surface area contributed by atoms with Crippen LogP contribution < -0.4 is 10.6 Å². The molecular formula is C16H20N4O2S. The monoisotopic (exact) mass is 332 g/mol. The fraction of sp³-hybridized carbons (Fsp3) is 0.375. The van der Waals surface area contributed by atoms with Crippen molar-refractivity contribution in [1.29, 1.82) is 0 Å². The van der Waals surface area contributed by atoms with Crippen molar-refractivity contribution in [3.8, 4) is 0 Å². The van der Waals surface area contributed by atoms with E-state index in [0.29, 0.717) is 16.5 Å². The highest BCUT2D eigenvalue weighted by molar-refractivity contribution is 7.12. The largest absolute Gasteiger partial charge is 0.349 e. The van der Waals surface area contributed by atoms with Gasteiger partial charge < -0.3 is 10.6 Å². The predicted octanol–water partition coefficient (Wildman–Crippen LogP) is 2.95. The standard InChI is InChI=1S/C16H20N4O2S/c1-10(2)8-11(3)19-16(22)14-12(4-7-23-14)20-15(21)13-9-17-5-6-18-13/h4-7,9-11H,8H2,1-3H3,(H,19,22)(H,20,21). The normalized spacial score (nSPS) is 12.0. The van der Waals surface area contributed by atoms with Gasteiger partial charge in [-0.2, -0.15) is 0 Å². The average Bonchev–Trinajstić information content (AvgIpc) is 2.95. The number of rotatable bonds is 6. The van der Waals surface area contributed by atoms with Crippen molar-refractivity contribution in [3.63, 3.8) is 0 Å². The molecule has 0 fully saturated rings. The topological polar surface area (TPSA) is 84.0 Å². The number of carbonyl (C=O) groups is 2. The van der Waals surface area contributed by atoms with E-state index in [1.54, 1.807) is 11.4 Å². The summed E-state index contributed by atoms with van der Waals surface area (Å²) in [5.41, 5.74) is 0.693. The number of thiophene rings is 1. The van der Waals surface area contributed by atoms with E-state index >= 15 is 0 Å².